The summed E-state index contributed by atoms with van der Waals surface area (Å²) in [5.74, 6) is 1.43. The first-order valence-corrected chi connectivity index (χ1v) is 9.32. The molecule has 1 amide bonds. The van der Waals surface area contributed by atoms with E-state index in [9.17, 15) is 9.59 Å². The summed E-state index contributed by atoms with van der Waals surface area (Å²) in [5, 5.41) is 3.36. The molecule has 3 aromatic rings. The van der Waals surface area contributed by atoms with Gasteiger partial charge in [0, 0.05) is 29.3 Å². The van der Waals surface area contributed by atoms with Crippen LogP contribution in [-0.4, -0.2) is 36.1 Å². The fraction of sp³-hybridized carbons (Fsp3) is 0.227. The number of hydrogen-bond acceptors (Lipinski definition) is 5. The van der Waals surface area contributed by atoms with E-state index in [1.807, 2.05) is 6.07 Å². The number of ether oxygens (including phenoxy) is 2. The average molecular weight is 391 g/mol. The Balaban J connectivity index is 1.78. The second-order valence-corrected chi connectivity index (χ2v) is 6.88. The first kappa shape index (κ1) is 18.7. The van der Waals surface area contributed by atoms with Gasteiger partial charge in [0.15, 0.2) is 0 Å². The predicted octanol–water partition coefficient (Wildman–Crippen LogP) is 2.90. The lowest BCUT2D eigenvalue weighted by molar-refractivity contribution is -0.116. The van der Waals surface area contributed by atoms with Crippen molar-refractivity contribution in [2.75, 3.05) is 14.2 Å². The Kier molecular flexibility index (Phi) is 5.03. The summed E-state index contributed by atoms with van der Waals surface area (Å²) < 4.78 is 10.6. The highest BCUT2D eigenvalue weighted by Gasteiger charge is 2.22. The van der Waals surface area contributed by atoms with Crippen LogP contribution < -0.4 is 20.3 Å². The molecule has 1 aliphatic carbocycles. The molecule has 0 radical (unpaired) electrons. The highest BCUT2D eigenvalue weighted by atomic mass is 16.5. The molecule has 148 valence electrons. The number of H-pyrrole nitrogens is 1. The lowest BCUT2D eigenvalue weighted by Gasteiger charge is -2.09. The van der Waals surface area contributed by atoms with Gasteiger partial charge in [-0.1, -0.05) is 12.1 Å². The molecule has 4 rings (SSSR count). The molecule has 1 heterocycles. The molecule has 1 fully saturated rings. The first-order chi connectivity index (χ1) is 14.1. The van der Waals surface area contributed by atoms with E-state index in [2.05, 4.69) is 15.3 Å². The minimum absolute atomic E-state index is 0.146. The van der Waals surface area contributed by atoms with Crippen LogP contribution in [0, 0.1) is 0 Å². The van der Waals surface area contributed by atoms with E-state index in [0.29, 0.717) is 39.4 Å². The van der Waals surface area contributed by atoms with Crippen molar-refractivity contribution in [3.63, 3.8) is 0 Å². The normalized spacial score (nSPS) is 13.6. The number of fused-ring (bicyclic) bond motifs is 1. The van der Waals surface area contributed by atoms with Gasteiger partial charge >= 0.3 is 0 Å². The van der Waals surface area contributed by atoms with Gasteiger partial charge in [-0.2, -0.15) is 0 Å². The Morgan fingerprint density at radius 1 is 1.17 bits per heavy atom. The van der Waals surface area contributed by atoms with Crippen LogP contribution in [0.25, 0.3) is 28.4 Å². The second kappa shape index (κ2) is 7.79. The molecule has 2 N–H and O–H groups in total. The summed E-state index contributed by atoms with van der Waals surface area (Å²) in [6, 6.07) is 10.9. The smallest absolute Gasteiger partial charge is 0.259 e. The highest BCUT2D eigenvalue weighted by molar-refractivity contribution is 5.95. The molecular formula is C22H21N3O4. The lowest BCUT2D eigenvalue weighted by Crippen LogP contribution is -2.22. The van der Waals surface area contributed by atoms with E-state index < -0.39 is 0 Å². The van der Waals surface area contributed by atoms with Crippen molar-refractivity contribution in [2.24, 2.45) is 0 Å². The van der Waals surface area contributed by atoms with Crippen LogP contribution in [0.15, 0.2) is 47.3 Å². The number of rotatable bonds is 6. The average Bonchev–Trinajstić information content (AvgIpc) is 3.55. The topological polar surface area (TPSA) is 93.3 Å². The number of carbonyl (C=O) groups is 1. The Morgan fingerprint density at radius 3 is 2.55 bits per heavy atom. The molecule has 0 unspecified atom stereocenters. The molecule has 1 saturated carbocycles. The van der Waals surface area contributed by atoms with Crippen LogP contribution in [0.5, 0.6) is 11.5 Å². The summed E-state index contributed by atoms with van der Waals surface area (Å²) in [5.41, 5.74) is 1.61. The van der Waals surface area contributed by atoms with Crippen molar-refractivity contribution >= 4 is 22.9 Å². The van der Waals surface area contributed by atoms with Gasteiger partial charge in [-0.05, 0) is 37.1 Å². The fourth-order valence-electron chi connectivity index (χ4n) is 3.04. The van der Waals surface area contributed by atoms with Crippen molar-refractivity contribution < 1.29 is 14.3 Å². The lowest BCUT2D eigenvalue weighted by atomic mass is 10.1. The van der Waals surface area contributed by atoms with Gasteiger partial charge < -0.3 is 19.8 Å². The van der Waals surface area contributed by atoms with Crippen molar-refractivity contribution in [1.29, 1.82) is 0 Å². The van der Waals surface area contributed by atoms with Crippen molar-refractivity contribution in [3.05, 3.63) is 58.4 Å². The quantitative estimate of drug-likeness (QED) is 0.630. The molecule has 0 atom stereocenters. The highest BCUT2D eigenvalue weighted by Crippen LogP contribution is 2.28. The monoisotopic (exact) mass is 391 g/mol. The fourth-order valence-corrected chi connectivity index (χ4v) is 3.04. The molecule has 0 spiro atoms. The third-order valence-electron chi connectivity index (χ3n) is 4.73. The molecule has 7 heteroatoms. The minimum Gasteiger partial charge on any atom is -0.497 e. The van der Waals surface area contributed by atoms with Gasteiger partial charge in [-0.15, -0.1) is 0 Å². The van der Waals surface area contributed by atoms with Crippen LogP contribution in [0.4, 0.5) is 0 Å². The minimum atomic E-state index is -0.260. The molecule has 2 aromatic carbocycles. The summed E-state index contributed by atoms with van der Waals surface area (Å²) in [6.45, 7) is 0. The SMILES string of the molecule is COc1cc(OC)cc(-c2nc3c(/C=C/C(=O)NC4CC4)cccc3c(=O)[nH]2)c1. The van der Waals surface area contributed by atoms with Crippen LogP contribution >= 0.6 is 0 Å². The van der Waals surface area contributed by atoms with E-state index in [1.165, 1.54) is 6.08 Å². The van der Waals surface area contributed by atoms with Gasteiger partial charge in [0.25, 0.3) is 5.56 Å². The third-order valence-corrected chi connectivity index (χ3v) is 4.73. The number of aromatic nitrogens is 2. The zero-order valence-corrected chi connectivity index (χ0v) is 16.2. The number of benzene rings is 2. The zero-order chi connectivity index (χ0) is 20.4. The molecule has 1 aromatic heterocycles. The molecule has 29 heavy (non-hydrogen) atoms. The molecular weight excluding hydrogens is 370 g/mol. The zero-order valence-electron chi connectivity index (χ0n) is 16.2. The maximum absolute atomic E-state index is 12.7. The van der Waals surface area contributed by atoms with Crippen LogP contribution in [-0.2, 0) is 4.79 Å². The number of carbonyl (C=O) groups excluding carboxylic acids is 1. The Labute approximate surface area is 167 Å². The number of para-hydroxylation sites is 1. The maximum Gasteiger partial charge on any atom is 0.259 e. The largest absolute Gasteiger partial charge is 0.497 e. The van der Waals surface area contributed by atoms with Crippen molar-refractivity contribution in [3.8, 4) is 22.9 Å². The van der Waals surface area contributed by atoms with E-state index >= 15 is 0 Å². The van der Waals surface area contributed by atoms with Gasteiger partial charge in [0.2, 0.25) is 5.91 Å². The number of amides is 1. The van der Waals surface area contributed by atoms with Crippen molar-refractivity contribution in [1.82, 2.24) is 15.3 Å². The molecule has 1 aliphatic rings. The van der Waals surface area contributed by atoms with E-state index in [1.54, 1.807) is 50.6 Å². The number of nitrogens with one attached hydrogen (secondary N) is 2. The second-order valence-electron chi connectivity index (χ2n) is 6.88. The molecule has 0 aliphatic heterocycles. The van der Waals surface area contributed by atoms with E-state index in [4.69, 9.17) is 9.47 Å². The molecule has 7 nitrogen and oxygen atoms in total. The summed E-state index contributed by atoms with van der Waals surface area (Å²) >= 11 is 0. The van der Waals surface area contributed by atoms with Gasteiger partial charge in [0.05, 0.1) is 25.1 Å². The summed E-state index contributed by atoms with van der Waals surface area (Å²) in [6.07, 6.45) is 5.21. The predicted molar refractivity (Wildman–Crippen MR) is 111 cm³/mol. The van der Waals surface area contributed by atoms with Gasteiger partial charge in [-0.25, -0.2) is 4.98 Å². The van der Waals surface area contributed by atoms with Gasteiger partial charge in [-0.3, -0.25) is 9.59 Å². The van der Waals surface area contributed by atoms with Gasteiger partial charge in [0.1, 0.15) is 17.3 Å². The number of aromatic amines is 1. The Hall–Kier alpha value is -3.61. The van der Waals surface area contributed by atoms with E-state index in [-0.39, 0.29) is 17.5 Å². The van der Waals surface area contributed by atoms with E-state index in [0.717, 1.165) is 12.8 Å². The Bertz CT molecular complexity index is 1140. The summed E-state index contributed by atoms with van der Waals surface area (Å²) in [7, 11) is 3.12. The maximum atomic E-state index is 12.7. The number of nitrogens with zero attached hydrogens (tertiary/aromatic N) is 1. The standard InChI is InChI=1S/C22H21N3O4/c1-28-16-10-14(11-17(12-16)29-2)21-24-20-13(4-3-5-18(20)22(27)25-21)6-9-19(26)23-15-7-8-15/h3-6,9-12,15H,7-8H2,1-2H3,(H,23,26)(H,24,25,27)/b9-6+. The first-order valence-electron chi connectivity index (χ1n) is 9.32. The van der Waals surface area contributed by atoms with Crippen LogP contribution in [0.1, 0.15) is 18.4 Å². The summed E-state index contributed by atoms with van der Waals surface area (Å²) in [4.78, 5) is 32.1. The Morgan fingerprint density at radius 2 is 1.90 bits per heavy atom. The number of hydrogen-bond donors (Lipinski definition) is 2. The molecule has 0 bridgehead atoms. The molecule has 0 saturated heterocycles. The van der Waals surface area contributed by atoms with Crippen molar-refractivity contribution in [2.45, 2.75) is 18.9 Å². The number of methoxy groups -OCH3 is 2. The van der Waals surface area contributed by atoms with Crippen LogP contribution in [0.3, 0.4) is 0 Å². The van der Waals surface area contributed by atoms with Crippen LogP contribution in [0.2, 0.25) is 0 Å². The third kappa shape index (κ3) is 4.13.